The number of H-pyrrole nitrogens is 1. The molecule has 0 saturated heterocycles. The van der Waals surface area contributed by atoms with Crippen LogP contribution in [0.1, 0.15) is 0 Å². The summed E-state index contributed by atoms with van der Waals surface area (Å²) in [4.78, 5) is 4.02. The number of aromatic nitrogens is 3. The number of aromatic amines is 1. The van der Waals surface area contributed by atoms with Crippen LogP contribution in [-0.4, -0.2) is 15.2 Å². The first-order chi connectivity index (χ1) is 8.43. The number of pyridine rings is 1. The maximum atomic E-state index is 4.02. The van der Waals surface area contributed by atoms with Crippen LogP contribution in [0.5, 0.6) is 0 Å². The lowest BCUT2D eigenvalue weighted by Gasteiger charge is -2.02. The summed E-state index contributed by atoms with van der Waals surface area (Å²) in [6, 6.07) is 14.3. The zero-order valence-corrected chi connectivity index (χ0v) is 9.17. The second-order valence-electron chi connectivity index (χ2n) is 3.78. The molecule has 3 rings (SSSR count). The van der Waals surface area contributed by atoms with E-state index in [9.17, 15) is 0 Å². The Kier molecular flexibility index (Phi) is 2.43. The van der Waals surface area contributed by atoms with E-state index in [4.69, 9.17) is 0 Å². The van der Waals surface area contributed by atoms with Gasteiger partial charge in [-0.2, -0.15) is 5.10 Å². The third kappa shape index (κ3) is 1.95. The monoisotopic (exact) mass is 221 g/mol. The van der Waals surface area contributed by atoms with Crippen molar-refractivity contribution < 1.29 is 0 Å². The summed E-state index contributed by atoms with van der Waals surface area (Å²) < 4.78 is 0. The molecule has 2 aromatic heterocycles. The number of hydrogen-bond acceptors (Lipinski definition) is 2. The van der Waals surface area contributed by atoms with E-state index in [0.29, 0.717) is 0 Å². The lowest BCUT2D eigenvalue weighted by molar-refractivity contribution is 1.10. The topological polar surface area (TPSA) is 41.6 Å². The van der Waals surface area contributed by atoms with Crippen LogP contribution in [0, 0.1) is 0 Å². The van der Waals surface area contributed by atoms with Gasteiger partial charge in [-0.15, -0.1) is 0 Å². The average molecular weight is 221 g/mol. The zero-order valence-electron chi connectivity index (χ0n) is 9.17. The van der Waals surface area contributed by atoms with Crippen LogP contribution in [0.25, 0.3) is 22.4 Å². The highest BCUT2D eigenvalue weighted by atomic mass is 15.1. The molecule has 0 aliphatic rings. The van der Waals surface area contributed by atoms with Crippen LogP contribution in [0.2, 0.25) is 0 Å². The Hall–Kier alpha value is -2.42. The lowest BCUT2D eigenvalue weighted by Crippen LogP contribution is -1.81. The van der Waals surface area contributed by atoms with Crippen molar-refractivity contribution in [2.75, 3.05) is 0 Å². The first-order valence-corrected chi connectivity index (χ1v) is 5.44. The van der Waals surface area contributed by atoms with Gasteiger partial charge in [-0.1, -0.05) is 24.3 Å². The van der Waals surface area contributed by atoms with Gasteiger partial charge in [0.1, 0.15) is 0 Å². The van der Waals surface area contributed by atoms with Crippen LogP contribution >= 0.6 is 0 Å². The molecule has 82 valence electrons. The van der Waals surface area contributed by atoms with Gasteiger partial charge in [0.05, 0.1) is 5.69 Å². The quantitative estimate of drug-likeness (QED) is 0.722. The zero-order chi connectivity index (χ0) is 11.5. The van der Waals surface area contributed by atoms with Gasteiger partial charge in [-0.25, -0.2) is 0 Å². The van der Waals surface area contributed by atoms with Crippen molar-refractivity contribution in [3.63, 3.8) is 0 Å². The minimum absolute atomic E-state index is 1.03. The Bertz CT molecular complexity index is 583. The van der Waals surface area contributed by atoms with Gasteiger partial charge in [0.15, 0.2) is 0 Å². The summed E-state index contributed by atoms with van der Waals surface area (Å²) in [7, 11) is 0. The third-order valence-electron chi connectivity index (χ3n) is 2.71. The van der Waals surface area contributed by atoms with Crippen LogP contribution in [0.4, 0.5) is 0 Å². The molecule has 0 radical (unpaired) electrons. The lowest BCUT2D eigenvalue weighted by atomic mass is 10.0. The molecule has 2 heterocycles. The van der Waals surface area contributed by atoms with E-state index in [1.807, 2.05) is 18.2 Å². The predicted octanol–water partition coefficient (Wildman–Crippen LogP) is 3.14. The standard InChI is InChI=1S/C14H11N3/c1-3-13(14-7-10-16-17-14)4-2-11(1)12-5-8-15-9-6-12/h1-10H,(H,16,17). The molecule has 0 aliphatic heterocycles. The third-order valence-corrected chi connectivity index (χ3v) is 2.71. The highest BCUT2D eigenvalue weighted by molar-refractivity contribution is 5.68. The van der Waals surface area contributed by atoms with Crippen LogP contribution in [0.3, 0.4) is 0 Å². The number of rotatable bonds is 2. The fourth-order valence-electron chi connectivity index (χ4n) is 1.80. The molecule has 0 amide bonds. The molecule has 0 spiro atoms. The van der Waals surface area contributed by atoms with Crippen molar-refractivity contribution in [1.29, 1.82) is 0 Å². The molecular formula is C14H11N3. The maximum Gasteiger partial charge on any atom is 0.0650 e. The Balaban J connectivity index is 1.96. The van der Waals surface area contributed by atoms with Crippen LogP contribution in [-0.2, 0) is 0 Å². The summed E-state index contributed by atoms with van der Waals surface area (Å²) in [6.45, 7) is 0. The smallest absolute Gasteiger partial charge is 0.0650 e. The summed E-state index contributed by atoms with van der Waals surface area (Å²) >= 11 is 0. The first-order valence-electron chi connectivity index (χ1n) is 5.44. The molecule has 0 unspecified atom stereocenters. The van der Waals surface area contributed by atoms with Crippen molar-refractivity contribution in [3.05, 3.63) is 61.1 Å². The van der Waals surface area contributed by atoms with Crippen molar-refractivity contribution in [2.45, 2.75) is 0 Å². The van der Waals surface area contributed by atoms with Crippen molar-refractivity contribution in [3.8, 4) is 22.4 Å². The van der Waals surface area contributed by atoms with Gasteiger partial charge in [-0.3, -0.25) is 10.1 Å². The summed E-state index contributed by atoms with van der Waals surface area (Å²) in [5, 5.41) is 6.90. The van der Waals surface area contributed by atoms with E-state index < -0.39 is 0 Å². The Morgan fingerprint density at radius 2 is 1.29 bits per heavy atom. The normalized spacial score (nSPS) is 10.4. The molecule has 3 heteroatoms. The highest BCUT2D eigenvalue weighted by Crippen LogP contribution is 2.22. The van der Waals surface area contributed by atoms with Crippen LogP contribution < -0.4 is 0 Å². The number of benzene rings is 1. The van der Waals surface area contributed by atoms with Gasteiger partial charge >= 0.3 is 0 Å². The van der Waals surface area contributed by atoms with E-state index in [1.165, 1.54) is 11.1 Å². The Morgan fingerprint density at radius 1 is 0.647 bits per heavy atom. The van der Waals surface area contributed by atoms with E-state index in [-0.39, 0.29) is 0 Å². The van der Waals surface area contributed by atoms with E-state index >= 15 is 0 Å². The van der Waals surface area contributed by atoms with Gasteiger partial charge in [0.25, 0.3) is 0 Å². The molecule has 0 aliphatic carbocycles. The summed E-state index contributed by atoms with van der Waals surface area (Å²) in [5.41, 5.74) is 4.54. The largest absolute Gasteiger partial charge is 0.278 e. The van der Waals surface area contributed by atoms with Crippen LogP contribution in [0.15, 0.2) is 61.1 Å². The second-order valence-corrected chi connectivity index (χ2v) is 3.78. The summed E-state index contributed by atoms with van der Waals surface area (Å²) in [6.07, 6.45) is 5.36. The minimum atomic E-state index is 1.03. The molecular weight excluding hydrogens is 210 g/mol. The molecule has 0 saturated carbocycles. The van der Waals surface area contributed by atoms with Crippen molar-refractivity contribution in [2.24, 2.45) is 0 Å². The fourth-order valence-corrected chi connectivity index (χ4v) is 1.80. The van der Waals surface area contributed by atoms with Gasteiger partial charge < -0.3 is 0 Å². The molecule has 1 aromatic carbocycles. The van der Waals surface area contributed by atoms with Crippen molar-refractivity contribution in [1.82, 2.24) is 15.2 Å². The minimum Gasteiger partial charge on any atom is -0.278 e. The molecule has 3 aromatic rings. The molecule has 3 nitrogen and oxygen atoms in total. The van der Waals surface area contributed by atoms with Gasteiger partial charge in [0, 0.05) is 18.6 Å². The molecule has 0 fully saturated rings. The molecule has 0 atom stereocenters. The van der Waals surface area contributed by atoms with Gasteiger partial charge in [0.2, 0.25) is 0 Å². The number of nitrogens with zero attached hydrogens (tertiary/aromatic N) is 2. The SMILES string of the molecule is c1cc(-c2ccc(-c3ccn[nH]3)cc2)ccn1. The van der Waals surface area contributed by atoms with E-state index in [0.717, 1.165) is 11.3 Å². The van der Waals surface area contributed by atoms with Crippen molar-refractivity contribution >= 4 is 0 Å². The van der Waals surface area contributed by atoms with E-state index in [1.54, 1.807) is 18.6 Å². The predicted molar refractivity (Wildman–Crippen MR) is 67.3 cm³/mol. The summed E-state index contributed by atoms with van der Waals surface area (Å²) in [5.74, 6) is 0. The van der Waals surface area contributed by atoms with Gasteiger partial charge in [-0.05, 0) is 34.9 Å². The Morgan fingerprint density at radius 3 is 1.94 bits per heavy atom. The average Bonchev–Trinajstić information content (AvgIpc) is 2.94. The molecule has 17 heavy (non-hydrogen) atoms. The number of nitrogens with one attached hydrogen (secondary N) is 1. The number of hydrogen-bond donors (Lipinski definition) is 1. The van der Waals surface area contributed by atoms with E-state index in [2.05, 4.69) is 39.4 Å². The Labute approximate surface area is 99.2 Å². The molecule has 0 bridgehead atoms. The highest BCUT2D eigenvalue weighted by Gasteiger charge is 2.00. The maximum absolute atomic E-state index is 4.02. The first kappa shape index (κ1) is 9.78. The molecule has 1 N–H and O–H groups in total. The second kappa shape index (κ2) is 4.22. The fraction of sp³-hybridized carbons (Fsp3) is 0.